The van der Waals surface area contributed by atoms with Crippen molar-refractivity contribution in [1.82, 2.24) is 15.0 Å². The number of anilines is 1. The summed E-state index contributed by atoms with van der Waals surface area (Å²) in [7, 11) is 0. The molecule has 0 bridgehead atoms. The molecule has 0 saturated heterocycles. The molecule has 3 rings (SSSR count). The van der Waals surface area contributed by atoms with Gasteiger partial charge < -0.3 is 15.4 Å². The fraction of sp³-hybridized carbons (Fsp3) is 0.571. The summed E-state index contributed by atoms with van der Waals surface area (Å²) in [6, 6.07) is 2.40. The molecule has 0 aliphatic heterocycles. The summed E-state index contributed by atoms with van der Waals surface area (Å²) >= 11 is 2.24. The molecule has 108 valence electrons. The number of halogens is 1. The Kier molecular flexibility index (Phi) is 3.62. The molecule has 6 heteroatoms. The van der Waals surface area contributed by atoms with Gasteiger partial charge in [0.1, 0.15) is 17.8 Å². The summed E-state index contributed by atoms with van der Waals surface area (Å²) in [4.78, 5) is 11.8. The average Bonchev–Trinajstić information content (AvgIpc) is 2.75. The molecule has 0 radical (unpaired) electrons. The Morgan fingerprint density at radius 2 is 2.20 bits per heavy atom. The zero-order valence-electron chi connectivity index (χ0n) is 11.7. The Labute approximate surface area is 131 Å². The standard InChI is InChI=1S/C14H19IN4O/c1-14(2)6-8(3-4-10(14)20)18-12-9-5-11(15)19-13(9)17-7-16-12/h5,7-8,10,20H,3-4,6H2,1-2H3,(H2,16,17,18,19). The molecular formula is C14H19IN4O. The summed E-state index contributed by atoms with van der Waals surface area (Å²) in [6.07, 6.45) is 4.13. The van der Waals surface area contributed by atoms with Gasteiger partial charge in [-0.1, -0.05) is 13.8 Å². The number of nitrogens with one attached hydrogen (secondary N) is 2. The molecule has 2 aromatic heterocycles. The van der Waals surface area contributed by atoms with Crippen molar-refractivity contribution >= 4 is 39.4 Å². The molecule has 2 atom stereocenters. The van der Waals surface area contributed by atoms with Crippen LogP contribution < -0.4 is 5.32 Å². The maximum absolute atomic E-state index is 10.0. The van der Waals surface area contributed by atoms with Crippen LogP contribution in [-0.4, -0.2) is 32.2 Å². The largest absolute Gasteiger partial charge is 0.393 e. The molecule has 1 aliphatic rings. The van der Waals surface area contributed by atoms with Gasteiger partial charge in [0, 0.05) is 6.04 Å². The maximum Gasteiger partial charge on any atom is 0.143 e. The van der Waals surface area contributed by atoms with Crippen molar-refractivity contribution in [1.29, 1.82) is 0 Å². The van der Waals surface area contributed by atoms with Crippen LogP contribution in [0.25, 0.3) is 11.0 Å². The molecule has 3 N–H and O–H groups in total. The second-order valence-electron chi connectivity index (χ2n) is 6.23. The van der Waals surface area contributed by atoms with E-state index in [1.807, 2.05) is 0 Å². The number of rotatable bonds is 2. The van der Waals surface area contributed by atoms with Crippen LogP contribution in [0.3, 0.4) is 0 Å². The van der Waals surface area contributed by atoms with Crippen LogP contribution in [0, 0.1) is 9.12 Å². The molecule has 20 heavy (non-hydrogen) atoms. The van der Waals surface area contributed by atoms with Gasteiger partial charge >= 0.3 is 0 Å². The minimum absolute atomic E-state index is 0.0470. The van der Waals surface area contributed by atoms with Gasteiger partial charge in [0.15, 0.2) is 0 Å². The number of aromatic amines is 1. The van der Waals surface area contributed by atoms with Crippen molar-refractivity contribution in [3.8, 4) is 0 Å². The fourth-order valence-corrected chi connectivity index (χ4v) is 3.53. The Hall–Kier alpha value is -0.890. The number of H-pyrrole nitrogens is 1. The van der Waals surface area contributed by atoms with Gasteiger partial charge in [0.05, 0.1) is 15.2 Å². The van der Waals surface area contributed by atoms with Gasteiger partial charge in [-0.15, -0.1) is 0 Å². The van der Waals surface area contributed by atoms with Crippen molar-refractivity contribution in [2.75, 3.05) is 5.32 Å². The van der Waals surface area contributed by atoms with E-state index in [-0.39, 0.29) is 11.5 Å². The first-order valence-electron chi connectivity index (χ1n) is 6.89. The Bertz CT molecular complexity index is 625. The molecule has 0 spiro atoms. The van der Waals surface area contributed by atoms with Crippen LogP contribution in [0.2, 0.25) is 0 Å². The molecule has 5 nitrogen and oxygen atoms in total. The van der Waals surface area contributed by atoms with Crippen LogP contribution in [0.15, 0.2) is 12.4 Å². The number of aromatic nitrogens is 3. The molecular weight excluding hydrogens is 367 g/mol. The van der Waals surface area contributed by atoms with Gasteiger partial charge in [0.2, 0.25) is 0 Å². The normalized spacial score (nSPS) is 25.8. The molecule has 0 aromatic carbocycles. The Morgan fingerprint density at radius 1 is 1.40 bits per heavy atom. The summed E-state index contributed by atoms with van der Waals surface area (Å²) in [5.74, 6) is 0.881. The van der Waals surface area contributed by atoms with Gasteiger partial charge in [-0.2, -0.15) is 0 Å². The second-order valence-corrected chi connectivity index (χ2v) is 7.39. The molecule has 1 saturated carbocycles. The summed E-state index contributed by atoms with van der Waals surface area (Å²) < 4.78 is 1.06. The van der Waals surface area contributed by atoms with Gasteiger partial charge in [0.25, 0.3) is 0 Å². The van der Waals surface area contributed by atoms with Crippen LogP contribution in [0.1, 0.15) is 33.1 Å². The van der Waals surface area contributed by atoms with E-state index in [0.29, 0.717) is 6.04 Å². The highest BCUT2D eigenvalue weighted by atomic mass is 127. The maximum atomic E-state index is 10.0. The lowest BCUT2D eigenvalue weighted by Crippen LogP contribution is -2.41. The molecule has 2 aromatic rings. The third kappa shape index (κ3) is 2.63. The Balaban J connectivity index is 1.83. The molecule has 0 amide bonds. The zero-order chi connectivity index (χ0) is 14.3. The lowest BCUT2D eigenvalue weighted by Gasteiger charge is -2.40. The number of aliphatic hydroxyl groups excluding tert-OH is 1. The minimum atomic E-state index is -0.209. The smallest absolute Gasteiger partial charge is 0.143 e. The first-order valence-corrected chi connectivity index (χ1v) is 7.97. The van der Waals surface area contributed by atoms with Crippen LogP contribution in [-0.2, 0) is 0 Å². The van der Waals surface area contributed by atoms with Crippen LogP contribution in [0.4, 0.5) is 5.82 Å². The average molecular weight is 386 g/mol. The van der Waals surface area contributed by atoms with Gasteiger partial charge in [-0.25, -0.2) is 9.97 Å². The van der Waals surface area contributed by atoms with E-state index in [2.05, 4.69) is 62.8 Å². The van der Waals surface area contributed by atoms with E-state index in [0.717, 1.165) is 39.8 Å². The van der Waals surface area contributed by atoms with E-state index < -0.39 is 0 Å². The number of aliphatic hydroxyl groups is 1. The second kappa shape index (κ2) is 5.14. The van der Waals surface area contributed by atoms with Crippen molar-refractivity contribution in [2.45, 2.75) is 45.3 Å². The number of hydrogen-bond donors (Lipinski definition) is 3. The predicted octanol–water partition coefficient (Wildman–Crippen LogP) is 2.91. The summed E-state index contributed by atoms with van der Waals surface area (Å²) in [5, 5.41) is 14.6. The lowest BCUT2D eigenvalue weighted by atomic mass is 9.73. The summed E-state index contributed by atoms with van der Waals surface area (Å²) in [6.45, 7) is 4.25. The van der Waals surface area contributed by atoms with E-state index in [1.54, 1.807) is 6.33 Å². The van der Waals surface area contributed by atoms with E-state index in [1.165, 1.54) is 0 Å². The van der Waals surface area contributed by atoms with Gasteiger partial charge in [-0.3, -0.25) is 0 Å². The molecule has 1 aliphatic carbocycles. The fourth-order valence-electron chi connectivity index (χ4n) is 2.96. The highest BCUT2D eigenvalue weighted by Crippen LogP contribution is 2.37. The van der Waals surface area contributed by atoms with Crippen molar-refractivity contribution in [2.24, 2.45) is 5.41 Å². The number of fused-ring (bicyclic) bond motifs is 1. The van der Waals surface area contributed by atoms with E-state index in [4.69, 9.17) is 0 Å². The van der Waals surface area contributed by atoms with Crippen molar-refractivity contribution < 1.29 is 5.11 Å². The minimum Gasteiger partial charge on any atom is -0.393 e. The van der Waals surface area contributed by atoms with Gasteiger partial charge in [-0.05, 0) is 53.3 Å². The SMILES string of the molecule is CC1(C)CC(Nc2ncnc3[nH]c(I)cc23)CCC1O. The first-order chi connectivity index (χ1) is 9.45. The summed E-state index contributed by atoms with van der Waals surface area (Å²) in [5.41, 5.74) is 0.816. The predicted molar refractivity (Wildman–Crippen MR) is 87.7 cm³/mol. The molecule has 2 heterocycles. The van der Waals surface area contributed by atoms with Crippen molar-refractivity contribution in [3.05, 3.63) is 16.1 Å². The first kappa shape index (κ1) is 14.1. The highest BCUT2D eigenvalue weighted by molar-refractivity contribution is 14.1. The monoisotopic (exact) mass is 386 g/mol. The third-order valence-electron chi connectivity index (χ3n) is 4.20. The van der Waals surface area contributed by atoms with Crippen LogP contribution >= 0.6 is 22.6 Å². The quantitative estimate of drug-likeness (QED) is 0.694. The topological polar surface area (TPSA) is 73.8 Å². The van der Waals surface area contributed by atoms with E-state index >= 15 is 0 Å². The van der Waals surface area contributed by atoms with Crippen molar-refractivity contribution in [3.63, 3.8) is 0 Å². The zero-order valence-corrected chi connectivity index (χ0v) is 13.8. The number of hydrogen-bond acceptors (Lipinski definition) is 4. The third-order valence-corrected chi connectivity index (χ3v) is 4.78. The highest BCUT2D eigenvalue weighted by Gasteiger charge is 2.35. The van der Waals surface area contributed by atoms with Crippen LogP contribution in [0.5, 0.6) is 0 Å². The van der Waals surface area contributed by atoms with E-state index in [9.17, 15) is 5.11 Å². The lowest BCUT2D eigenvalue weighted by molar-refractivity contribution is 0.00928. The molecule has 2 unspecified atom stereocenters. The Morgan fingerprint density at radius 3 is 2.95 bits per heavy atom. The number of nitrogens with zero attached hydrogens (tertiary/aromatic N) is 2. The molecule has 1 fully saturated rings.